The molecule has 1 heterocycles. The van der Waals surface area contributed by atoms with E-state index in [0.29, 0.717) is 25.9 Å². The molecule has 0 aromatic carbocycles. The van der Waals surface area contributed by atoms with E-state index in [1.54, 1.807) is 11.8 Å². The molecular formula is C9H16F2N2O. The van der Waals surface area contributed by atoms with Crippen LogP contribution in [0.25, 0.3) is 0 Å². The topological polar surface area (TPSA) is 46.3 Å². The number of hydrogen-bond donors (Lipinski definition) is 1. The number of nitrogens with zero attached hydrogens (tertiary/aromatic N) is 1. The molecule has 1 atom stereocenters. The van der Waals surface area contributed by atoms with E-state index in [-0.39, 0.29) is 5.91 Å². The number of hydrogen-bond acceptors (Lipinski definition) is 2. The lowest BCUT2D eigenvalue weighted by Crippen LogP contribution is -2.46. The molecule has 0 radical (unpaired) electrons. The summed E-state index contributed by atoms with van der Waals surface area (Å²) in [5.41, 5.74) is 5.42. The Balaban J connectivity index is 2.39. The molecular weight excluding hydrogens is 190 g/mol. The van der Waals surface area contributed by atoms with Gasteiger partial charge in [-0.05, 0) is 19.8 Å². The van der Waals surface area contributed by atoms with Crippen molar-refractivity contribution in [3.8, 4) is 0 Å². The Morgan fingerprint density at radius 1 is 1.43 bits per heavy atom. The lowest BCUT2D eigenvalue weighted by atomic mass is 9.97. The Kier molecular flexibility index (Phi) is 3.80. The van der Waals surface area contributed by atoms with E-state index in [1.807, 2.05) is 0 Å². The molecule has 0 aromatic rings. The molecule has 1 aliphatic rings. The molecule has 1 aliphatic heterocycles. The predicted molar refractivity (Wildman–Crippen MR) is 49.0 cm³/mol. The van der Waals surface area contributed by atoms with Gasteiger partial charge in [-0.2, -0.15) is 0 Å². The zero-order valence-electron chi connectivity index (χ0n) is 8.25. The zero-order valence-corrected chi connectivity index (χ0v) is 8.25. The molecule has 0 aromatic heterocycles. The third-order valence-electron chi connectivity index (χ3n) is 2.60. The van der Waals surface area contributed by atoms with Crippen molar-refractivity contribution in [2.24, 2.45) is 11.7 Å². The van der Waals surface area contributed by atoms with E-state index in [1.165, 1.54) is 0 Å². The maximum absolute atomic E-state index is 12.3. The molecule has 82 valence electrons. The predicted octanol–water partition coefficient (Wildman–Crippen LogP) is 0.837. The highest BCUT2D eigenvalue weighted by Gasteiger charge is 2.28. The number of likely N-dealkylation sites (tertiary alicyclic amines) is 1. The van der Waals surface area contributed by atoms with Crippen LogP contribution in [0.4, 0.5) is 8.78 Å². The Morgan fingerprint density at radius 3 is 2.29 bits per heavy atom. The molecule has 1 amide bonds. The fourth-order valence-electron chi connectivity index (χ4n) is 1.66. The molecule has 14 heavy (non-hydrogen) atoms. The lowest BCUT2D eigenvalue weighted by Gasteiger charge is -2.32. The van der Waals surface area contributed by atoms with Gasteiger partial charge >= 0.3 is 0 Å². The van der Waals surface area contributed by atoms with Crippen molar-refractivity contribution in [1.29, 1.82) is 0 Å². The normalized spacial score (nSPS) is 21.4. The van der Waals surface area contributed by atoms with Crippen LogP contribution in [0.1, 0.15) is 19.8 Å². The summed E-state index contributed by atoms with van der Waals surface area (Å²) in [4.78, 5) is 13.0. The second kappa shape index (κ2) is 4.68. The Morgan fingerprint density at radius 2 is 1.93 bits per heavy atom. The number of nitrogens with two attached hydrogens (primary N) is 1. The molecule has 1 rings (SSSR count). The molecule has 0 bridgehead atoms. The van der Waals surface area contributed by atoms with Crippen LogP contribution in [-0.2, 0) is 4.79 Å². The van der Waals surface area contributed by atoms with Crippen LogP contribution in [-0.4, -0.2) is 36.4 Å². The van der Waals surface area contributed by atoms with Crippen LogP contribution in [0.15, 0.2) is 0 Å². The first-order valence-corrected chi connectivity index (χ1v) is 4.85. The Bertz CT molecular complexity index is 201. The smallest absolute Gasteiger partial charge is 0.241 e. The minimum Gasteiger partial charge on any atom is -0.341 e. The summed E-state index contributed by atoms with van der Waals surface area (Å²) >= 11 is 0. The number of piperidine rings is 1. The van der Waals surface area contributed by atoms with Gasteiger partial charge in [-0.1, -0.05) is 0 Å². The molecule has 1 saturated heterocycles. The van der Waals surface area contributed by atoms with Crippen molar-refractivity contribution < 1.29 is 13.6 Å². The monoisotopic (exact) mass is 206 g/mol. The van der Waals surface area contributed by atoms with E-state index in [4.69, 9.17) is 5.73 Å². The molecule has 1 unspecified atom stereocenters. The largest absolute Gasteiger partial charge is 0.341 e. The van der Waals surface area contributed by atoms with Gasteiger partial charge in [0, 0.05) is 19.0 Å². The minimum atomic E-state index is -2.26. The third kappa shape index (κ3) is 2.64. The van der Waals surface area contributed by atoms with Gasteiger partial charge in [0.1, 0.15) is 0 Å². The first-order valence-electron chi connectivity index (χ1n) is 4.85. The molecule has 0 spiro atoms. The SMILES string of the molecule is CC(N)C(=O)N1CCC(C(F)F)CC1. The van der Waals surface area contributed by atoms with Crippen molar-refractivity contribution in [3.05, 3.63) is 0 Å². The van der Waals surface area contributed by atoms with Crippen LogP contribution in [0.5, 0.6) is 0 Å². The van der Waals surface area contributed by atoms with Gasteiger partial charge in [0.25, 0.3) is 0 Å². The number of halogens is 2. The summed E-state index contributed by atoms with van der Waals surface area (Å²) in [7, 11) is 0. The van der Waals surface area contributed by atoms with Gasteiger partial charge < -0.3 is 10.6 Å². The van der Waals surface area contributed by atoms with Crippen LogP contribution in [0, 0.1) is 5.92 Å². The summed E-state index contributed by atoms with van der Waals surface area (Å²) in [5.74, 6) is -0.690. The fraction of sp³-hybridized carbons (Fsp3) is 0.889. The summed E-state index contributed by atoms with van der Waals surface area (Å²) in [5, 5.41) is 0. The molecule has 5 heteroatoms. The molecule has 0 saturated carbocycles. The highest BCUT2D eigenvalue weighted by atomic mass is 19.3. The van der Waals surface area contributed by atoms with Crippen molar-refractivity contribution >= 4 is 5.91 Å². The first kappa shape index (κ1) is 11.4. The third-order valence-corrected chi connectivity index (χ3v) is 2.60. The summed E-state index contributed by atoms with van der Waals surface area (Å²) in [6.45, 7) is 2.44. The van der Waals surface area contributed by atoms with Crippen LogP contribution in [0.2, 0.25) is 0 Å². The summed E-state index contributed by atoms with van der Waals surface area (Å²) < 4.78 is 24.6. The van der Waals surface area contributed by atoms with E-state index in [2.05, 4.69) is 0 Å². The fourth-order valence-corrected chi connectivity index (χ4v) is 1.66. The Labute approximate surface area is 82.2 Å². The highest BCUT2D eigenvalue weighted by Crippen LogP contribution is 2.23. The second-order valence-electron chi connectivity index (χ2n) is 3.79. The first-order chi connectivity index (χ1) is 6.52. The number of amides is 1. The van der Waals surface area contributed by atoms with Gasteiger partial charge in [0.15, 0.2) is 0 Å². The zero-order chi connectivity index (χ0) is 10.7. The van der Waals surface area contributed by atoms with Gasteiger partial charge in [0.05, 0.1) is 6.04 Å². The van der Waals surface area contributed by atoms with E-state index in [9.17, 15) is 13.6 Å². The maximum Gasteiger partial charge on any atom is 0.241 e. The van der Waals surface area contributed by atoms with Crippen LogP contribution >= 0.6 is 0 Å². The van der Waals surface area contributed by atoms with E-state index in [0.717, 1.165) is 0 Å². The number of carbonyl (C=O) groups excluding carboxylic acids is 1. The lowest BCUT2D eigenvalue weighted by molar-refractivity contribution is -0.134. The average molecular weight is 206 g/mol. The van der Waals surface area contributed by atoms with Crippen molar-refractivity contribution in [3.63, 3.8) is 0 Å². The molecule has 2 N–H and O–H groups in total. The van der Waals surface area contributed by atoms with Crippen molar-refractivity contribution in [2.75, 3.05) is 13.1 Å². The Hall–Kier alpha value is -0.710. The van der Waals surface area contributed by atoms with Crippen LogP contribution < -0.4 is 5.73 Å². The van der Waals surface area contributed by atoms with Crippen molar-refractivity contribution in [1.82, 2.24) is 4.90 Å². The molecule has 0 aliphatic carbocycles. The highest BCUT2D eigenvalue weighted by molar-refractivity contribution is 5.81. The quantitative estimate of drug-likeness (QED) is 0.727. The van der Waals surface area contributed by atoms with Gasteiger partial charge in [0.2, 0.25) is 12.3 Å². The van der Waals surface area contributed by atoms with Gasteiger partial charge in [-0.3, -0.25) is 4.79 Å². The standard InChI is InChI=1S/C9H16F2N2O/c1-6(12)9(14)13-4-2-7(3-5-13)8(10)11/h6-8H,2-5,12H2,1H3. The summed E-state index contributed by atoms with van der Waals surface area (Å²) in [6.07, 6.45) is -1.49. The van der Waals surface area contributed by atoms with E-state index < -0.39 is 18.4 Å². The van der Waals surface area contributed by atoms with Gasteiger partial charge in [-0.25, -0.2) is 8.78 Å². The number of carbonyl (C=O) groups is 1. The van der Waals surface area contributed by atoms with Gasteiger partial charge in [-0.15, -0.1) is 0 Å². The number of alkyl halides is 2. The van der Waals surface area contributed by atoms with Crippen LogP contribution in [0.3, 0.4) is 0 Å². The second-order valence-corrected chi connectivity index (χ2v) is 3.79. The maximum atomic E-state index is 12.3. The summed E-state index contributed by atoms with van der Waals surface area (Å²) in [6, 6.07) is -0.530. The number of rotatable bonds is 2. The average Bonchev–Trinajstić information content (AvgIpc) is 2.16. The minimum absolute atomic E-state index is 0.141. The van der Waals surface area contributed by atoms with Crippen molar-refractivity contribution in [2.45, 2.75) is 32.2 Å². The molecule has 1 fully saturated rings. The molecule has 3 nitrogen and oxygen atoms in total. The van der Waals surface area contributed by atoms with E-state index >= 15 is 0 Å².